The summed E-state index contributed by atoms with van der Waals surface area (Å²) in [4.78, 5) is 8.68. The molecule has 0 aliphatic carbocycles. The molecule has 0 spiro atoms. The third-order valence-electron chi connectivity index (χ3n) is 2.69. The van der Waals surface area contributed by atoms with Crippen molar-refractivity contribution in [2.75, 3.05) is 12.4 Å². The predicted octanol–water partition coefficient (Wildman–Crippen LogP) is 3.59. The first-order valence-electron chi connectivity index (χ1n) is 5.51. The summed E-state index contributed by atoms with van der Waals surface area (Å²) in [6.45, 7) is 3.73. The van der Waals surface area contributed by atoms with Crippen molar-refractivity contribution in [2.24, 2.45) is 0 Å². The van der Waals surface area contributed by atoms with Crippen molar-refractivity contribution in [3.63, 3.8) is 0 Å². The van der Waals surface area contributed by atoms with Crippen LogP contribution in [0, 0.1) is 19.7 Å². The van der Waals surface area contributed by atoms with E-state index in [1.165, 1.54) is 6.07 Å². The highest BCUT2D eigenvalue weighted by atomic mass is 35.5. The molecule has 0 bridgehead atoms. The zero-order chi connectivity index (χ0) is 13.3. The van der Waals surface area contributed by atoms with E-state index in [1.807, 2.05) is 13.8 Å². The number of rotatable bonds is 2. The zero-order valence-electron chi connectivity index (χ0n) is 10.4. The summed E-state index contributed by atoms with van der Waals surface area (Å²) >= 11 is 5.80. The van der Waals surface area contributed by atoms with Gasteiger partial charge in [0.15, 0.2) is 0 Å². The van der Waals surface area contributed by atoms with E-state index in [-0.39, 0.29) is 5.02 Å². The molecular formula is C13H13ClFN3. The average molecular weight is 266 g/mol. The fraction of sp³-hybridized carbons (Fsp3) is 0.231. The summed E-state index contributed by atoms with van der Waals surface area (Å²) in [6.07, 6.45) is 0. The molecule has 3 nitrogen and oxygen atoms in total. The van der Waals surface area contributed by atoms with Crippen LogP contribution in [0.5, 0.6) is 0 Å². The van der Waals surface area contributed by atoms with Gasteiger partial charge in [-0.3, -0.25) is 0 Å². The molecule has 0 unspecified atom stereocenters. The highest BCUT2D eigenvalue weighted by Crippen LogP contribution is 2.28. The Hall–Kier alpha value is -1.68. The van der Waals surface area contributed by atoms with E-state index in [1.54, 1.807) is 19.2 Å². The number of hydrogen-bond donors (Lipinski definition) is 1. The molecule has 1 N–H and O–H groups in total. The summed E-state index contributed by atoms with van der Waals surface area (Å²) in [5.41, 5.74) is 2.44. The molecule has 0 fully saturated rings. The van der Waals surface area contributed by atoms with E-state index in [4.69, 9.17) is 11.6 Å². The van der Waals surface area contributed by atoms with Gasteiger partial charge in [-0.1, -0.05) is 11.6 Å². The Kier molecular flexibility index (Phi) is 3.48. The molecule has 0 saturated carbocycles. The van der Waals surface area contributed by atoms with Crippen LogP contribution in [0.25, 0.3) is 11.3 Å². The quantitative estimate of drug-likeness (QED) is 0.902. The zero-order valence-corrected chi connectivity index (χ0v) is 11.1. The second-order valence-corrected chi connectivity index (χ2v) is 4.38. The minimum atomic E-state index is -0.433. The SMILES string of the molecule is CNc1nc(C)nc(-c2ccc(F)c(Cl)c2)c1C. The average Bonchev–Trinajstić information content (AvgIpc) is 2.35. The first-order valence-corrected chi connectivity index (χ1v) is 5.89. The molecular weight excluding hydrogens is 253 g/mol. The fourth-order valence-electron chi connectivity index (χ4n) is 1.80. The van der Waals surface area contributed by atoms with Crippen molar-refractivity contribution in [1.82, 2.24) is 9.97 Å². The molecule has 0 amide bonds. The Morgan fingerprint density at radius 3 is 2.56 bits per heavy atom. The van der Waals surface area contributed by atoms with Crippen LogP contribution < -0.4 is 5.32 Å². The van der Waals surface area contributed by atoms with Gasteiger partial charge < -0.3 is 5.32 Å². The minimum absolute atomic E-state index is 0.0918. The standard InChI is InChI=1S/C13H13ClFN3/c1-7-12(17-8(2)18-13(7)16-3)9-4-5-11(15)10(14)6-9/h4-6H,1-3H3,(H,16,17,18). The number of hydrogen-bond acceptors (Lipinski definition) is 3. The highest BCUT2D eigenvalue weighted by molar-refractivity contribution is 6.31. The Labute approximate surface area is 110 Å². The molecule has 5 heteroatoms. The summed E-state index contributed by atoms with van der Waals surface area (Å²) in [7, 11) is 1.80. The minimum Gasteiger partial charge on any atom is -0.373 e. The van der Waals surface area contributed by atoms with Crippen molar-refractivity contribution in [3.05, 3.63) is 40.4 Å². The first-order chi connectivity index (χ1) is 8.52. The smallest absolute Gasteiger partial charge is 0.141 e. The summed E-state index contributed by atoms with van der Waals surface area (Å²) in [6, 6.07) is 4.58. The van der Waals surface area contributed by atoms with Crippen LogP contribution in [-0.4, -0.2) is 17.0 Å². The van der Waals surface area contributed by atoms with E-state index in [0.717, 1.165) is 22.6 Å². The molecule has 0 aliphatic heterocycles. The van der Waals surface area contributed by atoms with Gasteiger partial charge in [-0.15, -0.1) is 0 Å². The summed E-state index contributed by atoms with van der Waals surface area (Å²) < 4.78 is 13.2. The normalized spacial score (nSPS) is 10.5. The lowest BCUT2D eigenvalue weighted by atomic mass is 10.1. The molecule has 18 heavy (non-hydrogen) atoms. The summed E-state index contributed by atoms with van der Waals surface area (Å²) in [5.74, 6) is 0.982. The van der Waals surface area contributed by atoms with E-state index < -0.39 is 5.82 Å². The van der Waals surface area contributed by atoms with Gasteiger partial charge in [-0.2, -0.15) is 0 Å². The maximum Gasteiger partial charge on any atom is 0.141 e. The van der Waals surface area contributed by atoms with E-state index in [0.29, 0.717) is 5.82 Å². The van der Waals surface area contributed by atoms with Gasteiger partial charge >= 0.3 is 0 Å². The molecule has 94 valence electrons. The largest absolute Gasteiger partial charge is 0.373 e. The number of anilines is 1. The maximum absolute atomic E-state index is 13.2. The van der Waals surface area contributed by atoms with Crippen LogP contribution in [0.4, 0.5) is 10.2 Å². The third kappa shape index (κ3) is 2.29. The molecule has 1 heterocycles. The van der Waals surface area contributed by atoms with Gasteiger partial charge in [-0.25, -0.2) is 14.4 Å². The number of aryl methyl sites for hydroxylation is 1. The van der Waals surface area contributed by atoms with Gasteiger partial charge in [0.25, 0.3) is 0 Å². The Morgan fingerprint density at radius 2 is 1.94 bits per heavy atom. The number of halogens is 2. The molecule has 0 atom stereocenters. The van der Waals surface area contributed by atoms with E-state index >= 15 is 0 Å². The van der Waals surface area contributed by atoms with Crippen LogP contribution >= 0.6 is 11.6 Å². The van der Waals surface area contributed by atoms with Crippen LogP contribution in [0.2, 0.25) is 5.02 Å². The maximum atomic E-state index is 13.2. The molecule has 2 aromatic rings. The van der Waals surface area contributed by atoms with Gasteiger partial charge in [0.1, 0.15) is 17.5 Å². The predicted molar refractivity (Wildman–Crippen MR) is 71.5 cm³/mol. The van der Waals surface area contributed by atoms with Crippen LogP contribution in [0.3, 0.4) is 0 Å². The number of benzene rings is 1. The van der Waals surface area contributed by atoms with E-state index in [2.05, 4.69) is 15.3 Å². The number of aromatic nitrogens is 2. The van der Waals surface area contributed by atoms with Crippen LogP contribution in [0.15, 0.2) is 18.2 Å². The van der Waals surface area contributed by atoms with Crippen molar-refractivity contribution in [3.8, 4) is 11.3 Å². The van der Waals surface area contributed by atoms with Gasteiger partial charge in [-0.05, 0) is 32.0 Å². The molecule has 0 aliphatic rings. The molecule has 0 radical (unpaired) electrons. The van der Waals surface area contributed by atoms with Crippen molar-refractivity contribution in [2.45, 2.75) is 13.8 Å². The van der Waals surface area contributed by atoms with Gasteiger partial charge in [0, 0.05) is 18.2 Å². The van der Waals surface area contributed by atoms with Gasteiger partial charge in [0.2, 0.25) is 0 Å². The van der Waals surface area contributed by atoms with Crippen molar-refractivity contribution < 1.29 is 4.39 Å². The molecule has 2 rings (SSSR count). The van der Waals surface area contributed by atoms with Gasteiger partial charge in [0.05, 0.1) is 10.7 Å². The lowest BCUT2D eigenvalue weighted by molar-refractivity contribution is 0.628. The topological polar surface area (TPSA) is 37.8 Å². The first kappa shape index (κ1) is 12.8. The molecule has 1 aromatic heterocycles. The van der Waals surface area contributed by atoms with E-state index in [9.17, 15) is 4.39 Å². The van der Waals surface area contributed by atoms with Crippen LogP contribution in [-0.2, 0) is 0 Å². The molecule has 0 saturated heterocycles. The van der Waals surface area contributed by atoms with Crippen molar-refractivity contribution in [1.29, 1.82) is 0 Å². The Bertz CT molecular complexity index is 599. The van der Waals surface area contributed by atoms with Crippen LogP contribution in [0.1, 0.15) is 11.4 Å². The Morgan fingerprint density at radius 1 is 1.22 bits per heavy atom. The monoisotopic (exact) mass is 265 g/mol. The second kappa shape index (κ2) is 4.90. The number of nitrogens with one attached hydrogen (secondary N) is 1. The summed E-state index contributed by atoms with van der Waals surface area (Å²) in [5, 5.41) is 3.11. The lowest BCUT2D eigenvalue weighted by Crippen LogP contribution is -2.02. The number of nitrogens with zero attached hydrogens (tertiary/aromatic N) is 2. The molecule has 1 aromatic carbocycles. The second-order valence-electron chi connectivity index (χ2n) is 3.97. The van der Waals surface area contributed by atoms with Crippen molar-refractivity contribution >= 4 is 17.4 Å². The lowest BCUT2D eigenvalue weighted by Gasteiger charge is -2.11. The highest BCUT2D eigenvalue weighted by Gasteiger charge is 2.11. The third-order valence-corrected chi connectivity index (χ3v) is 2.98. The fourth-order valence-corrected chi connectivity index (χ4v) is 1.98. The Balaban J connectivity index is 2.63.